The lowest BCUT2D eigenvalue weighted by atomic mass is 10.1. The van der Waals surface area contributed by atoms with Crippen LogP contribution in [0.25, 0.3) is 11.0 Å². The molecule has 128 valence electrons. The Balaban J connectivity index is 1.92. The molecule has 1 amide bonds. The quantitative estimate of drug-likeness (QED) is 0.699. The fraction of sp³-hybridized carbons (Fsp3) is 0.200. The Bertz CT molecular complexity index is 914. The van der Waals surface area contributed by atoms with Gasteiger partial charge in [0.2, 0.25) is 0 Å². The number of nitrogens with one attached hydrogen (secondary N) is 1. The number of carbonyl (C=O) groups excluding carboxylic acids is 1. The van der Waals surface area contributed by atoms with Gasteiger partial charge in [0.25, 0.3) is 5.91 Å². The van der Waals surface area contributed by atoms with Crippen molar-refractivity contribution in [2.24, 2.45) is 0 Å². The van der Waals surface area contributed by atoms with E-state index in [0.29, 0.717) is 17.9 Å². The molecule has 2 aromatic carbocycles. The molecule has 25 heavy (non-hydrogen) atoms. The van der Waals surface area contributed by atoms with Crippen LogP contribution in [-0.4, -0.2) is 22.6 Å². The van der Waals surface area contributed by atoms with Gasteiger partial charge in [-0.1, -0.05) is 30.3 Å². The van der Waals surface area contributed by atoms with Gasteiger partial charge in [0.05, 0.1) is 29.7 Å². The number of hydrogen-bond donors (Lipinski definition) is 1. The molecule has 0 aliphatic carbocycles. The summed E-state index contributed by atoms with van der Waals surface area (Å²) in [7, 11) is 1.55. The summed E-state index contributed by atoms with van der Waals surface area (Å²) < 4.78 is 7.33. The Morgan fingerprint density at radius 1 is 1.28 bits per heavy atom. The predicted octanol–water partition coefficient (Wildman–Crippen LogP) is 3.72. The highest BCUT2D eigenvalue weighted by molar-refractivity contribution is 5.97. The number of carbonyl (C=O) groups is 1. The average molecular weight is 335 g/mol. The molecular formula is C20H21N3O2. The van der Waals surface area contributed by atoms with Crippen LogP contribution in [0.5, 0.6) is 5.75 Å². The number of rotatable bonds is 6. The predicted molar refractivity (Wildman–Crippen MR) is 98.8 cm³/mol. The second kappa shape index (κ2) is 7.21. The maximum atomic E-state index is 12.6. The van der Waals surface area contributed by atoms with E-state index in [4.69, 9.17) is 4.74 Å². The van der Waals surface area contributed by atoms with Crippen molar-refractivity contribution in [3.8, 4) is 5.75 Å². The number of para-hydroxylation sites is 3. The van der Waals surface area contributed by atoms with Crippen molar-refractivity contribution in [2.45, 2.75) is 19.5 Å². The molecule has 0 saturated heterocycles. The van der Waals surface area contributed by atoms with Gasteiger partial charge in [-0.3, -0.25) is 4.79 Å². The first-order valence-electron chi connectivity index (χ1n) is 8.15. The van der Waals surface area contributed by atoms with Gasteiger partial charge < -0.3 is 14.6 Å². The van der Waals surface area contributed by atoms with E-state index in [1.807, 2.05) is 49.4 Å². The molecule has 5 heteroatoms. The van der Waals surface area contributed by atoms with E-state index in [1.165, 1.54) is 0 Å². The molecule has 0 bridgehead atoms. The van der Waals surface area contributed by atoms with E-state index in [9.17, 15) is 4.79 Å². The number of allylic oxidation sites excluding steroid dienone is 1. The number of ether oxygens (including phenoxy) is 1. The van der Waals surface area contributed by atoms with Crippen LogP contribution in [0.3, 0.4) is 0 Å². The monoisotopic (exact) mass is 335 g/mol. The molecule has 0 unspecified atom stereocenters. The summed E-state index contributed by atoms with van der Waals surface area (Å²) in [5, 5.41) is 3.01. The number of amides is 1. The number of imidazole rings is 1. The zero-order valence-corrected chi connectivity index (χ0v) is 14.4. The van der Waals surface area contributed by atoms with Gasteiger partial charge in [0.1, 0.15) is 11.6 Å². The van der Waals surface area contributed by atoms with Crippen molar-refractivity contribution in [1.82, 2.24) is 14.9 Å². The molecule has 5 nitrogen and oxygen atoms in total. The molecular weight excluding hydrogens is 314 g/mol. The Kier molecular flexibility index (Phi) is 4.84. The Morgan fingerprint density at radius 3 is 2.76 bits per heavy atom. The molecule has 0 aliphatic heterocycles. The maximum absolute atomic E-state index is 12.6. The summed E-state index contributed by atoms with van der Waals surface area (Å²) in [6.45, 7) is 6.38. The van der Waals surface area contributed by atoms with E-state index in [0.717, 1.165) is 16.9 Å². The van der Waals surface area contributed by atoms with Crippen LogP contribution in [0.2, 0.25) is 0 Å². The van der Waals surface area contributed by atoms with Crippen LogP contribution < -0.4 is 10.1 Å². The van der Waals surface area contributed by atoms with Gasteiger partial charge in [-0.05, 0) is 31.2 Å². The average Bonchev–Trinajstić information content (AvgIpc) is 3.01. The summed E-state index contributed by atoms with van der Waals surface area (Å²) in [4.78, 5) is 17.3. The van der Waals surface area contributed by atoms with Crippen molar-refractivity contribution in [2.75, 3.05) is 7.11 Å². The number of benzene rings is 2. The highest BCUT2D eigenvalue weighted by Crippen LogP contribution is 2.22. The van der Waals surface area contributed by atoms with E-state index < -0.39 is 0 Å². The largest absolute Gasteiger partial charge is 0.496 e. The van der Waals surface area contributed by atoms with Gasteiger partial charge >= 0.3 is 0 Å². The summed E-state index contributed by atoms with van der Waals surface area (Å²) in [5.41, 5.74) is 2.43. The normalized spacial score (nSPS) is 11.9. The summed E-state index contributed by atoms with van der Waals surface area (Å²) >= 11 is 0. The zero-order valence-electron chi connectivity index (χ0n) is 14.4. The van der Waals surface area contributed by atoms with Crippen LogP contribution in [-0.2, 0) is 6.54 Å². The highest BCUT2D eigenvalue weighted by Gasteiger charge is 2.20. The Morgan fingerprint density at radius 2 is 2.00 bits per heavy atom. The van der Waals surface area contributed by atoms with Crippen LogP contribution in [0.1, 0.15) is 29.1 Å². The topological polar surface area (TPSA) is 56.2 Å². The third kappa shape index (κ3) is 3.26. The SMILES string of the molecule is C=CCn1c([C@H](C)NC(=O)c2ccccc2OC)nc2ccccc21. The van der Waals surface area contributed by atoms with E-state index in [1.54, 1.807) is 19.2 Å². The molecule has 0 aliphatic rings. The summed E-state index contributed by atoms with van der Waals surface area (Å²) in [6.07, 6.45) is 1.83. The Labute approximate surface area is 146 Å². The minimum absolute atomic E-state index is 0.192. The minimum atomic E-state index is -0.259. The van der Waals surface area contributed by atoms with Crippen molar-refractivity contribution >= 4 is 16.9 Å². The molecule has 1 aromatic heterocycles. The first-order valence-corrected chi connectivity index (χ1v) is 8.15. The molecule has 3 rings (SSSR count). The Hall–Kier alpha value is -3.08. The lowest BCUT2D eigenvalue weighted by Crippen LogP contribution is -2.29. The molecule has 0 saturated carbocycles. The summed E-state index contributed by atoms with van der Waals surface area (Å²) in [6, 6.07) is 14.8. The standard InChI is InChI=1S/C20H21N3O2/c1-4-13-23-17-11-7-6-10-16(17)22-19(23)14(2)21-20(24)15-9-5-8-12-18(15)25-3/h4-12,14H,1,13H2,2-3H3,(H,21,24)/t14-/m0/s1. The molecule has 0 fully saturated rings. The van der Waals surface area contributed by atoms with Crippen LogP contribution in [0, 0.1) is 0 Å². The van der Waals surface area contributed by atoms with E-state index >= 15 is 0 Å². The molecule has 1 atom stereocenters. The van der Waals surface area contributed by atoms with Gasteiger partial charge in [-0.2, -0.15) is 0 Å². The third-order valence-electron chi connectivity index (χ3n) is 4.08. The van der Waals surface area contributed by atoms with Crippen LogP contribution >= 0.6 is 0 Å². The van der Waals surface area contributed by atoms with Crippen molar-refractivity contribution in [3.63, 3.8) is 0 Å². The zero-order chi connectivity index (χ0) is 17.8. The van der Waals surface area contributed by atoms with Crippen molar-refractivity contribution in [1.29, 1.82) is 0 Å². The molecule has 1 N–H and O–H groups in total. The molecule has 0 spiro atoms. The molecule has 0 radical (unpaired) electrons. The number of fused-ring (bicyclic) bond motifs is 1. The first kappa shape index (κ1) is 16.8. The number of aromatic nitrogens is 2. The lowest BCUT2D eigenvalue weighted by molar-refractivity contribution is 0.0934. The fourth-order valence-corrected chi connectivity index (χ4v) is 2.92. The van der Waals surface area contributed by atoms with Crippen LogP contribution in [0.4, 0.5) is 0 Å². The first-order chi connectivity index (χ1) is 12.2. The third-order valence-corrected chi connectivity index (χ3v) is 4.08. The number of nitrogens with zero attached hydrogens (tertiary/aromatic N) is 2. The van der Waals surface area contributed by atoms with Gasteiger partial charge in [0.15, 0.2) is 0 Å². The van der Waals surface area contributed by atoms with Crippen LogP contribution in [0.15, 0.2) is 61.2 Å². The minimum Gasteiger partial charge on any atom is -0.496 e. The number of methoxy groups -OCH3 is 1. The lowest BCUT2D eigenvalue weighted by Gasteiger charge is -2.16. The highest BCUT2D eigenvalue weighted by atomic mass is 16.5. The van der Waals surface area contributed by atoms with Gasteiger partial charge in [-0.15, -0.1) is 6.58 Å². The summed E-state index contributed by atoms with van der Waals surface area (Å²) in [5.74, 6) is 1.15. The molecule has 3 aromatic rings. The maximum Gasteiger partial charge on any atom is 0.255 e. The second-order valence-electron chi connectivity index (χ2n) is 5.75. The van der Waals surface area contributed by atoms with E-state index in [-0.39, 0.29) is 11.9 Å². The smallest absolute Gasteiger partial charge is 0.255 e. The van der Waals surface area contributed by atoms with Gasteiger partial charge in [-0.25, -0.2) is 4.98 Å². The van der Waals surface area contributed by atoms with E-state index in [2.05, 4.69) is 21.4 Å². The molecule has 1 heterocycles. The fourth-order valence-electron chi connectivity index (χ4n) is 2.92. The van der Waals surface area contributed by atoms with Gasteiger partial charge in [0, 0.05) is 6.54 Å². The number of hydrogen-bond acceptors (Lipinski definition) is 3. The second-order valence-corrected chi connectivity index (χ2v) is 5.75. The van der Waals surface area contributed by atoms with Crippen molar-refractivity contribution < 1.29 is 9.53 Å². The van der Waals surface area contributed by atoms with Crippen molar-refractivity contribution in [3.05, 3.63) is 72.6 Å².